The third kappa shape index (κ3) is 3.74. The van der Waals surface area contributed by atoms with Gasteiger partial charge in [0.2, 0.25) is 5.91 Å². The van der Waals surface area contributed by atoms with Gasteiger partial charge in [0.1, 0.15) is 0 Å². The molecule has 1 rings (SSSR count). The van der Waals surface area contributed by atoms with Crippen molar-refractivity contribution in [2.75, 3.05) is 19.6 Å². The maximum absolute atomic E-state index is 11.5. The lowest BCUT2D eigenvalue weighted by Gasteiger charge is -2.21. The van der Waals surface area contributed by atoms with Gasteiger partial charge in [-0.05, 0) is 25.9 Å². The molecule has 1 heterocycles. The van der Waals surface area contributed by atoms with E-state index in [2.05, 4.69) is 10.6 Å². The Morgan fingerprint density at radius 3 is 2.71 bits per heavy atom. The van der Waals surface area contributed by atoms with E-state index >= 15 is 0 Å². The molecule has 0 aliphatic carbocycles. The van der Waals surface area contributed by atoms with Gasteiger partial charge >= 0.3 is 0 Å². The van der Waals surface area contributed by atoms with Crippen LogP contribution in [-0.4, -0.2) is 31.4 Å². The highest BCUT2D eigenvalue weighted by Crippen LogP contribution is 2.10. The Morgan fingerprint density at radius 2 is 2.14 bits per heavy atom. The molecule has 0 aromatic carbocycles. The third-order valence-corrected chi connectivity index (χ3v) is 2.40. The van der Waals surface area contributed by atoms with Crippen LogP contribution in [0.15, 0.2) is 0 Å². The van der Waals surface area contributed by atoms with E-state index in [0.717, 1.165) is 25.9 Å². The molecule has 0 saturated carbocycles. The summed E-state index contributed by atoms with van der Waals surface area (Å²) >= 11 is 0. The third-order valence-electron chi connectivity index (χ3n) is 2.40. The smallest absolute Gasteiger partial charge is 0.223 e. The molecule has 0 aromatic rings. The lowest BCUT2D eigenvalue weighted by Crippen LogP contribution is -2.39. The molecule has 1 aliphatic rings. The second-order valence-electron chi connectivity index (χ2n) is 3.59. The molecule has 5 heteroatoms. The van der Waals surface area contributed by atoms with Gasteiger partial charge in [0.15, 0.2) is 0 Å². The highest BCUT2D eigenvalue weighted by Gasteiger charge is 2.19. The summed E-state index contributed by atoms with van der Waals surface area (Å²) in [5, 5.41) is 13.0. The van der Waals surface area contributed by atoms with Crippen molar-refractivity contribution < 1.29 is 4.79 Å². The molecular formula is C9H18N4O. The number of amides is 1. The molecule has 1 fully saturated rings. The van der Waals surface area contributed by atoms with Crippen molar-refractivity contribution >= 4 is 11.7 Å². The van der Waals surface area contributed by atoms with E-state index in [1.165, 1.54) is 0 Å². The minimum absolute atomic E-state index is 0.104. The normalized spacial score (nSPS) is 17.7. The van der Waals surface area contributed by atoms with E-state index in [1.54, 1.807) is 0 Å². The molecule has 1 aliphatic heterocycles. The lowest BCUT2D eigenvalue weighted by atomic mass is 9.97. The first-order chi connectivity index (χ1) is 6.70. The molecule has 14 heavy (non-hydrogen) atoms. The molecule has 80 valence electrons. The summed E-state index contributed by atoms with van der Waals surface area (Å²) in [4.78, 5) is 11.5. The first kappa shape index (κ1) is 11.0. The molecule has 5 nitrogen and oxygen atoms in total. The van der Waals surface area contributed by atoms with Gasteiger partial charge in [-0.1, -0.05) is 0 Å². The van der Waals surface area contributed by atoms with Crippen molar-refractivity contribution in [1.82, 2.24) is 10.6 Å². The van der Waals surface area contributed by atoms with Crippen molar-refractivity contribution in [3.63, 3.8) is 0 Å². The maximum Gasteiger partial charge on any atom is 0.223 e. The second-order valence-corrected chi connectivity index (χ2v) is 3.59. The standard InChI is InChI=1S/C9H18N4O/c10-8(11)3-6-13-9(14)7-1-4-12-5-2-7/h7,12H,1-6H2,(H3,10,11)(H,13,14). The SMILES string of the molecule is N=C(N)CCNC(=O)C1CCNCC1. The number of piperidine rings is 1. The summed E-state index contributed by atoms with van der Waals surface area (Å²) in [5.74, 6) is 0.367. The fourth-order valence-electron chi connectivity index (χ4n) is 1.55. The summed E-state index contributed by atoms with van der Waals surface area (Å²) in [6.45, 7) is 2.33. The predicted octanol–water partition coefficient (Wildman–Crippen LogP) is -0.572. The van der Waals surface area contributed by atoms with Gasteiger partial charge in [0.05, 0.1) is 5.84 Å². The molecule has 0 unspecified atom stereocenters. The summed E-state index contributed by atoms with van der Waals surface area (Å²) < 4.78 is 0. The maximum atomic E-state index is 11.5. The predicted molar refractivity (Wildman–Crippen MR) is 55.1 cm³/mol. The Balaban J connectivity index is 2.16. The van der Waals surface area contributed by atoms with Crippen LogP contribution in [0.4, 0.5) is 0 Å². The topological polar surface area (TPSA) is 91.0 Å². The largest absolute Gasteiger partial charge is 0.388 e. The van der Waals surface area contributed by atoms with E-state index in [1.807, 2.05) is 0 Å². The van der Waals surface area contributed by atoms with Gasteiger partial charge in [-0.2, -0.15) is 0 Å². The minimum Gasteiger partial charge on any atom is -0.388 e. The number of nitrogens with two attached hydrogens (primary N) is 1. The molecule has 0 atom stereocenters. The molecule has 0 spiro atoms. The highest BCUT2D eigenvalue weighted by atomic mass is 16.1. The fourth-order valence-corrected chi connectivity index (χ4v) is 1.55. The number of carbonyl (C=O) groups excluding carboxylic acids is 1. The van der Waals surface area contributed by atoms with Crippen molar-refractivity contribution in [2.24, 2.45) is 11.7 Å². The number of nitrogens with one attached hydrogen (secondary N) is 3. The number of amidine groups is 1. The minimum atomic E-state index is 0.104. The molecule has 0 radical (unpaired) electrons. The number of hydrogen-bond acceptors (Lipinski definition) is 3. The molecule has 0 aromatic heterocycles. The zero-order valence-electron chi connectivity index (χ0n) is 8.31. The van der Waals surface area contributed by atoms with Gasteiger partial charge in [-0.15, -0.1) is 0 Å². The lowest BCUT2D eigenvalue weighted by molar-refractivity contribution is -0.125. The van der Waals surface area contributed by atoms with Gasteiger partial charge in [-0.25, -0.2) is 0 Å². The zero-order chi connectivity index (χ0) is 10.4. The van der Waals surface area contributed by atoms with Gasteiger partial charge in [0, 0.05) is 18.9 Å². The first-order valence-electron chi connectivity index (χ1n) is 5.01. The Hall–Kier alpha value is -1.10. The summed E-state index contributed by atoms with van der Waals surface area (Å²) in [5.41, 5.74) is 5.18. The van der Waals surface area contributed by atoms with Crippen LogP contribution >= 0.6 is 0 Å². The molecule has 1 amide bonds. The van der Waals surface area contributed by atoms with Crippen LogP contribution in [-0.2, 0) is 4.79 Å². The average Bonchev–Trinajstić information content (AvgIpc) is 2.18. The van der Waals surface area contributed by atoms with Crippen LogP contribution < -0.4 is 16.4 Å². The van der Waals surface area contributed by atoms with E-state index in [9.17, 15) is 4.79 Å². The van der Waals surface area contributed by atoms with Gasteiger partial charge in [-0.3, -0.25) is 10.2 Å². The van der Waals surface area contributed by atoms with Crippen molar-refractivity contribution in [3.8, 4) is 0 Å². The van der Waals surface area contributed by atoms with Crippen LogP contribution in [0.2, 0.25) is 0 Å². The molecule has 1 saturated heterocycles. The van der Waals surface area contributed by atoms with E-state index in [-0.39, 0.29) is 17.7 Å². The Bertz CT molecular complexity index is 211. The summed E-state index contributed by atoms with van der Waals surface area (Å²) in [6.07, 6.45) is 2.26. The van der Waals surface area contributed by atoms with E-state index < -0.39 is 0 Å². The molecule has 5 N–H and O–H groups in total. The van der Waals surface area contributed by atoms with E-state index in [4.69, 9.17) is 11.1 Å². The second kappa shape index (κ2) is 5.59. The van der Waals surface area contributed by atoms with Gasteiger partial charge in [0.25, 0.3) is 0 Å². The van der Waals surface area contributed by atoms with Crippen LogP contribution in [0.3, 0.4) is 0 Å². The number of rotatable bonds is 4. The zero-order valence-corrected chi connectivity index (χ0v) is 8.31. The summed E-state index contributed by atoms with van der Waals surface area (Å²) in [7, 11) is 0. The monoisotopic (exact) mass is 198 g/mol. The van der Waals surface area contributed by atoms with Gasteiger partial charge < -0.3 is 16.4 Å². The van der Waals surface area contributed by atoms with Crippen LogP contribution in [0.5, 0.6) is 0 Å². The van der Waals surface area contributed by atoms with Crippen LogP contribution in [0.25, 0.3) is 0 Å². The average molecular weight is 198 g/mol. The van der Waals surface area contributed by atoms with Crippen molar-refractivity contribution in [2.45, 2.75) is 19.3 Å². The van der Waals surface area contributed by atoms with Crippen LogP contribution in [0, 0.1) is 11.3 Å². The summed E-state index contributed by atoms with van der Waals surface area (Å²) in [6, 6.07) is 0. The molecule has 0 bridgehead atoms. The van der Waals surface area contributed by atoms with Crippen molar-refractivity contribution in [1.29, 1.82) is 5.41 Å². The van der Waals surface area contributed by atoms with E-state index in [0.29, 0.717) is 13.0 Å². The Labute approximate surface area is 83.9 Å². The Kier molecular flexibility index (Phi) is 4.39. The highest BCUT2D eigenvalue weighted by molar-refractivity contribution is 5.80. The fraction of sp³-hybridized carbons (Fsp3) is 0.778. The van der Waals surface area contributed by atoms with Crippen molar-refractivity contribution in [3.05, 3.63) is 0 Å². The molecular weight excluding hydrogens is 180 g/mol. The number of carbonyl (C=O) groups is 1. The van der Waals surface area contributed by atoms with Crippen LogP contribution in [0.1, 0.15) is 19.3 Å². The quantitative estimate of drug-likeness (QED) is 0.360. The number of hydrogen-bond donors (Lipinski definition) is 4. The Morgan fingerprint density at radius 1 is 1.50 bits per heavy atom. The first-order valence-corrected chi connectivity index (χ1v) is 5.01.